The van der Waals surface area contributed by atoms with Crippen molar-refractivity contribution >= 4 is 18.2 Å². The lowest BCUT2D eigenvalue weighted by Crippen LogP contribution is -2.39. The predicted molar refractivity (Wildman–Crippen MR) is 177 cm³/mol. The molecule has 1 aliphatic rings. The van der Waals surface area contributed by atoms with Crippen molar-refractivity contribution in [1.82, 2.24) is 19.7 Å². The average Bonchev–Trinajstić information content (AvgIpc) is 2.98. The second-order valence-corrected chi connectivity index (χ2v) is 12.2. The maximum absolute atomic E-state index is 13.1. The van der Waals surface area contributed by atoms with Crippen LogP contribution in [-0.2, 0) is 17.8 Å². The highest BCUT2D eigenvalue weighted by Crippen LogP contribution is 2.14. The van der Waals surface area contributed by atoms with E-state index in [1.165, 1.54) is 11.1 Å². The van der Waals surface area contributed by atoms with Gasteiger partial charge in [-0.25, -0.2) is 4.79 Å². The van der Waals surface area contributed by atoms with E-state index in [1.54, 1.807) is 0 Å². The summed E-state index contributed by atoms with van der Waals surface area (Å²) in [5.74, 6) is 0. The van der Waals surface area contributed by atoms with Gasteiger partial charge in [0, 0.05) is 45.8 Å². The first kappa shape index (κ1) is 32.2. The number of ether oxygens (including phenoxy) is 1. The number of pyridine rings is 1. The van der Waals surface area contributed by atoms with E-state index in [0.29, 0.717) is 13.1 Å². The van der Waals surface area contributed by atoms with Gasteiger partial charge in [0.15, 0.2) is 0 Å². The fourth-order valence-corrected chi connectivity index (χ4v) is 5.18. The Hall–Kier alpha value is -3.74. The molecule has 3 aromatic rings. The zero-order valence-corrected chi connectivity index (χ0v) is 26.2. The van der Waals surface area contributed by atoms with E-state index in [0.717, 1.165) is 69.9 Å². The number of rotatable bonds is 6. The lowest BCUT2D eigenvalue weighted by molar-refractivity contribution is 0.0239. The van der Waals surface area contributed by atoms with Crippen LogP contribution in [0.4, 0.5) is 4.79 Å². The molecule has 43 heavy (non-hydrogen) atoms. The van der Waals surface area contributed by atoms with Crippen LogP contribution in [0.3, 0.4) is 0 Å². The van der Waals surface area contributed by atoms with E-state index in [-0.39, 0.29) is 6.09 Å². The molecule has 6 nitrogen and oxygen atoms in total. The third-order valence-corrected chi connectivity index (χ3v) is 7.29. The lowest BCUT2D eigenvalue weighted by atomic mass is 10.2. The van der Waals surface area contributed by atoms with Crippen molar-refractivity contribution in [3.8, 4) is 0 Å². The zero-order valence-electron chi connectivity index (χ0n) is 26.2. The van der Waals surface area contributed by atoms with Crippen LogP contribution >= 0.6 is 0 Å². The molecule has 0 aliphatic carbocycles. The molecule has 4 rings (SSSR count). The minimum absolute atomic E-state index is 0.219. The monoisotopic (exact) mass is 580 g/mol. The number of carbonyl (C=O) groups excluding carboxylic acids is 1. The Morgan fingerprint density at radius 3 is 1.72 bits per heavy atom. The molecule has 0 spiro atoms. The highest BCUT2D eigenvalue weighted by Gasteiger charge is 2.22. The number of fused-ring (bicyclic) bond motifs is 2. The first-order valence-electron chi connectivity index (χ1n) is 15.6. The summed E-state index contributed by atoms with van der Waals surface area (Å²) < 4.78 is 5.79. The summed E-state index contributed by atoms with van der Waals surface area (Å²) in [6, 6.07) is 27.2. The third kappa shape index (κ3) is 12.2. The summed E-state index contributed by atoms with van der Waals surface area (Å²) in [5, 5.41) is 0. The van der Waals surface area contributed by atoms with Gasteiger partial charge in [-0.3, -0.25) is 14.8 Å². The summed E-state index contributed by atoms with van der Waals surface area (Å²) >= 11 is 0. The molecule has 0 unspecified atom stereocenters. The molecule has 2 aromatic carbocycles. The maximum atomic E-state index is 13.1. The molecule has 0 fully saturated rings. The van der Waals surface area contributed by atoms with Crippen LogP contribution in [-0.4, -0.2) is 70.6 Å². The number of hydrogen-bond donors (Lipinski definition) is 0. The van der Waals surface area contributed by atoms with E-state index in [2.05, 4.69) is 101 Å². The predicted octanol–water partition coefficient (Wildman–Crippen LogP) is 7.53. The molecule has 2 bridgehead atoms. The van der Waals surface area contributed by atoms with Crippen LogP contribution in [0, 0.1) is 0 Å². The minimum Gasteiger partial charge on any atom is -0.444 e. The van der Waals surface area contributed by atoms with Crippen molar-refractivity contribution in [3.63, 3.8) is 0 Å². The van der Waals surface area contributed by atoms with Gasteiger partial charge >= 0.3 is 6.09 Å². The highest BCUT2D eigenvalue weighted by molar-refractivity contribution is 5.68. The Kier molecular flexibility index (Phi) is 12.6. The number of carbonyl (C=O) groups is 1. The Labute approximate surface area is 258 Å². The molecule has 1 aliphatic heterocycles. The van der Waals surface area contributed by atoms with Gasteiger partial charge in [0.25, 0.3) is 0 Å². The number of benzene rings is 2. The average molecular weight is 581 g/mol. The molecule has 1 amide bonds. The van der Waals surface area contributed by atoms with Crippen LogP contribution < -0.4 is 0 Å². The molecule has 0 saturated carbocycles. The lowest BCUT2D eigenvalue weighted by Gasteiger charge is -2.28. The Morgan fingerprint density at radius 1 is 0.698 bits per heavy atom. The van der Waals surface area contributed by atoms with Gasteiger partial charge in [-0.1, -0.05) is 91.0 Å². The summed E-state index contributed by atoms with van der Waals surface area (Å²) in [4.78, 5) is 25.0. The summed E-state index contributed by atoms with van der Waals surface area (Å²) in [7, 11) is 0. The van der Waals surface area contributed by atoms with E-state index < -0.39 is 5.60 Å². The van der Waals surface area contributed by atoms with Gasteiger partial charge in [-0.2, -0.15) is 0 Å². The third-order valence-electron chi connectivity index (χ3n) is 7.29. The maximum Gasteiger partial charge on any atom is 0.410 e. The van der Waals surface area contributed by atoms with Gasteiger partial charge in [-0.05, 0) is 69.8 Å². The minimum atomic E-state index is -0.514. The molecule has 6 heteroatoms. The quantitative estimate of drug-likeness (QED) is 0.302. The van der Waals surface area contributed by atoms with Gasteiger partial charge in [0.05, 0.1) is 11.4 Å². The number of aromatic nitrogens is 1. The van der Waals surface area contributed by atoms with Crippen molar-refractivity contribution in [2.75, 3.05) is 39.3 Å². The van der Waals surface area contributed by atoms with Crippen LogP contribution in [0.25, 0.3) is 12.2 Å². The Bertz CT molecular complexity index is 1300. The van der Waals surface area contributed by atoms with Crippen molar-refractivity contribution in [2.24, 2.45) is 0 Å². The molecular weight excluding hydrogens is 532 g/mol. The fraction of sp³-hybridized carbons (Fsp3) is 0.405. The standard InChI is InChI=1S/C37H48N4O2/c1-37(2,3)43-36(42)41-28-11-10-24-39(25-13-20-32-16-6-4-7-17-32)30-34-22-12-23-35(38-34)31-40(27-15-29-41)26-14-21-33-18-8-5-9-19-33/h4-9,12-14,16-23H,10-11,15,24-31H2,1-3H3/b20-13+,21-14+. The number of nitrogens with zero attached hydrogens (tertiary/aromatic N) is 4. The first-order chi connectivity index (χ1) is 20.8. The van der Waals surface area contributed by atoms with Gasteiger partial charge in [0.2, 0.25) is 0 Å². The normalized spacial score (nSPS) is 16.7. The molecule has 0 N–H and O–H groups in total. The Morgan fingerprint density at radius 2 is 1.19 bits per heavy atom. The SMILES string of the molecule is CC(C)(C)OC(=O)N1CCCCN(C/C=C/c2ccccc2)Cc2cccc(n2)CN(C/C=C/c2ccccc2)CCC1. The van der Waals surface area contributed by atoms with Crippen LogP contribution in [0.5, 0.6) is 0 Å². The van der Waals surface area contributed by atoms with Crippen molar-refractivity contribution < 1.29 is 9.53 Å². The fourth-order valence-electron chi connectivity index (χ4n) is 5.18. The number of amides is 1. The van der Waals surface area contributed by atoms with E-state index in [1.807, 2.05) is 37.8 Å². The molecule has 2 heterocycles. The molecule has 0 radical (unpaired) electrons. The highest BCUT2D eigenvalue weighted by atomic mass is 16.6. The molecule has 228 valence electrons. The molecule has 0 atom stereocenters. The zero-order chi connectivity index (χ0) is 30.3. The van der Waals surface area contributed by atoms with E-state index >= 15 is 0 Å². The van der Waals surface area contributed by atoms with Gasteiger partial charge < -0.3 is 9.64 Å². The van der Waals surface area contributed by atoms with Gasteiger partial charge in [0.1, 0.15) is 5.60 Å². The molecule has 1 aromatic heterocycles. The van der Waals surface area contributed by atoms with Gasteiger partial charge in [-0.15, -0.1) is 0 Å². The molecular formula is C37H48N4O2. The second-order valence-electron chi connectivity index (χ2n) is 12.2. The largest absolute Gasteiger partial charge is 0.444 e. The van der Waals surface area contributed by atoms with Crippen LogP contribution in [0.1, 0.15) is 62.5 Å². The topological polar surface area (TPSA) is 48.9 Å². The summed E-state index contributed by atoms with van der Waals surface area (Å²) in [5.41, 5.74) is 4.05. The van der Waals surface area contributed by atoms with Crippen molar-refractivity contribution in [3.05, 3.63) is 114 Å². The Balaban J connectivity index is 1.50. The number of hydrogen-bond acceptors (Lipinski definition) is 5. The second kappa shape index (κ2) is 16.8. The first-order valence-corrected chi connectivity index (χ1v) is 15.6. The van der Waals surface area contributed by atoms with Crippen molar-refractivity contribution in [1.29, 1.82) is 0 Å². The van der Waals surface area contributed by atoms with Crippen LogP contribution in [0.15, 0.2) is 91.0 Å². The smallest absolute Gasteiger partial charge is 0.410 e. The van der Waals surface area contributed by atoms with E-state index in [4.69, 9.17) is 9.72 Å². The van der Waals surface area contributed by atoms with Crippen LogP contribution in [0.2, 0.25) is 0 Å². The van der Waals surface area contributed by atoms with Crippen molar-refractivity contribution in [2.45, 2.75) is 58.7 Å². The summed E-state index contributed by atoms with van der Waals surface area (Å²) in [6.45, 7) is 12.2. The molecule has 0 saturated heterocycles. The van der Waals surface area contributed by atoms with E-state index in [9.17, 15) is 4.79 Å². The summed E-state index contributed by atoms with van der Waals surface area (Å²) in [6.07, 6.45) is 11.4.